The summed E-state index contributed by atoms with van der Waals surface area (Å²) in [6.07, 6.45) is 8.35. The van der Waals surface area contributed by atoms with Crippen LogP contribution in [0.25, 0.3) is 6.08 Å². The topological polar surface area (TPSA) is 122 Å². The fourth-order valence-electron chi connectivity index (χ4n) is 2.01. The van der Waals surface area contributed by atoms with Crippen LogP contribution in [0.15, 0.2) is 42.5 Å². The molecule has 1 aromatic carbocycles. The molecule has 0 radical (unpaired) electrons. The molecule has 0 fully saturated rings. The van der Waals surface area contributed by atoms with Gasteiger partial charge in [-0.1, -0.05) is 30.7 Å². The molecule has 0 saturated carbocycles. The van der Waals surface area contributed by atoms with Crippen LogP contribution in [0.3, 0.4) is 0 Å². The summed E-state index contributed by atoms with van der Waals surface area (Å²) in [5.74, 6) is -0.683. The van der Waals surface area contributed by atoms with Crippen molar-refractivity contribution in [1.29, 1.82) is 0 Å². The molecule has 0 aliphatic rings. The van der Waals surface area contributed by atoms with Crippen molar-refractivity contribution in [2.24, 2.45) is 0 Å². The number of nitro benzene ring substituents is 1. The van der Waals surface area contributed by atoms with E-state index in [2.05, 4.69) is 5.32 Å². The molecule has 1 aromatic rings. The Hall–Kier alpha value is -3.00. The molecule has 0 aliphatic heterocycles. The molecule has 0 aliphatic carbocycles. The highest BCUT2D eigenvalue weighted by atomic mass is 16.6. The Bertz CT molecular complexity index is 655. The highest BCUT2D eigenvalue weighted by Gasteiger charge is 2.08. The first-order chi connectivity index (χ1) is 12.0. The van der Waals surface area contributed by atoms with Gasteiger partial charge in [0.2, 0.25) is 11.8 Å². The fraction of sp³-hybridized carbons (Fsp3) is 0.294. The first-order valence-corrected chi connectivity index (χ1v) is 7.83. The van der Waals surface area contributed by atoms with Gasteiger partial charge >= 0.3 is 0 Å². The third-order valence-electron chi connectivity index (χ3n) is 3.27. The molecule has 8 nitrogen and oxygen atoms in total. The van der Waals surface area contributed by atoms with E-state index in [0.717, 1.165) is 12.8 Å². The number of allylic oxidation sites excluding steroid dienone is 2. The van der Waals surface area contributed by atoms with Crippen molar-refractivity contribution in [3.05, 3.63) is 58.2 Å². The lowest BCUT2D eigenvalue weighted by Crippen LogP contribution is -2.22. The molecular weight excluding hydrogens is 326 g/mol. The number of hydrogen-bond acceptors (Lipinski definition) is 5. The first-order valence-electron chi connectivity index (χ1n) is 7.83. The monoisotopic (exact) mass is 347 g/mol. The van der Waals surface area contributed by atoms with Crippen molar-refractivity contribution in [3.63, 3.8) is 0 Å². The lowest BCUT2D eigenvalue weighted by Gasteiger charge is -2.02. The Labute approximate surface area is 145 Å². The highest BCUT2D eigenvalue weighted by Crippen LogP contribution is 2.18. The molecule has 0 aromatic heterocycles. The fourth-order valence-corrected chi connectivity index (χ4v) is 2.01. The van der Waals surface area contributed by atoms with E-state index in [1.54, 1.807) is 35.8 Å². The maximum Gasteiger partial charge on any atom is 0.276 e. The summed E-state index contributed by atoms with van der Waals surface area (Å²) in [4.78, 5) is 32.8. The van der Waals surface area contributed by atoms with Gasteiger partial charge in [-0.2, -0.15) is 0 Å². The summed E-state index contributed by atoms with van der Waals surface area (Å²) in [6, 6.07) is 6.34. The van der Waals surface area contributed by atoms with Crippen molar-refractivity contribution in [3.8, 4) is 0 Å². The van der Waals surface area contributed by atoms with E-state index < -0.39 is 10.8 Å². The number of hydrogen-bond donors (Lipinski definition) is 3. The summed E-state index contributed by atoms with van der Waals surface area (Å²) in [6.45, 7) is 0.484. The van der Waals surface area contributed by atoms with Gasteiger partial charge in [-0.25, -0.2) is 5.48 Å². The predicted molar refractivity (Wildman–Crippen MR) is 92.7 cm³/mol. The number of unbranched alkanes of at least 4 members (excludes halogenated alkanes) is 2. The lowest BCUT2D eigenvalue weighted by atomic mass is 10.1. The van der Waals surface area contributed by atoms with Crippen LogP contribution in [0.1, 0.15) is 31.2 Å². The third kappa shape index (κ3) is 8.42. The van der Waals surface area contributed by atoms with Gasteiger partial charge in [-0.3, -0.25) is 24.9 Å². The Morgan fingerprint density at radius 1 is 1.16 bits per heavy atom. The molecule has 134 valence electrons. The van der Waals surface area contributed by atoms with Crippen LogP contribution in [0.5, 0.6) is 0 Å². The highest BCUT2D eigenvalue weighted by molar-refractivity contribution is 5.87. The second-order valence-corrected chi connectivity index (χ2v) is 5.17. The number of nitrogens with one attached hydrogen (secondary N) is 2. The second kappa shape index (κ2) is 11.5. The van der Waals surface area contributed by atoms with E-state index in [1.165, 1.54) is 18.2 Å². The summed E-state index contributed by atoms with van der Waals surface area (Å²) >= 11 is 0. The smallest absolute Gasteiger partial charge is 0.276 e. The molecule has 2 amide bonds. The summed E-state index contributed by atoms with van der Waals surface area (Å²) in [5.41, 5.74) is 2.03. The Morgan fingerprint density at radius 3 is 2.64 bits per heavy atom. The van der Waals surface area contributed by atoms with Crippen molar-refractivity contribution in [1.82, 2.24) is 10.8 Å². The molecule has 0 saturated heterocycles. The quantitative estimate of drug-likeness (QED) is 0.150. The molecule has 3 N–H and O–H groups in total. The predicted octanol–water partition coefficient (Wildman–Crippen LogP) is 2.35. The zero-order chi connectivity index (χ0) is 18.5. The van der Waals surface area contributed by atoms with E-state index in [0.29, 0.717) is 18.5 Å². The van der Waals surface area contributed by atoms with Crippen LogP contribution in [-0.2, 0) is 9.59 Å². The number of nitro groups is 1. The normalized spacial score (nSPS) is 10.9. The third-order valence-corrected chi connectivity index (χ3v) is 3.27. The van der Waals surface area contributed by atoms with E-state index in [-0.39, 0.29) is 18.0 Å². The average Bonchev–Trinajstić information content (AvgIpc) is 2.61. The van der Waals surface area contributed by atoms with Gasteiger partial charge in [0.15, 0.2) is 0 Å². The molecule has 0 spiro atoms. The van der Waals surface area contributed by atoms with Gasteiger partial charge in [0.1, 0.15) is 0 Å². The molecule has 0 atom stereocenters. The zero-order valence-electron chi connectivity index (χ0n) is 13.7. The Balaban J connectivity index is 2.29. The first kappa shape index (κ1) is 20.0. The molecule has 1 rings (SSSR count). The molecule has 0 heterocycles. The minimum absolute atomic E-state index is 0.00600. The van der Waals surface area contributed by atoms with Crippen LogP contribution in [0.4, 0.5) is 5.69 Å². The lowest BCUT2D eigenvalue weighted by molar-refractivity contribution is -0.385. The van der Waals surface area contributed by atoms with Gasteiger partial charge in [0.05, 0.1) is 10.5 Å². The van der Waals surface area contributed by atoms with E-state index in [4.69, 9.17) is 5.21 Å². The number of carbonyl (C=O) groups is 2. The number of rotatable bonds is 10. The van der Waals surface area contributed by atoms with Crippen LogP contribution in [0.2, 0.25) is 0 Å². The minimum atomic E-state index is -0.458. The van der Waals surface area contributed by atoms with Gasteiger partial charge in [0.25, 0.3) is 5.69 Å². The summed E-state index contributed by atoms with van der Waals surface area (Å²) in [5, 5.41) is 21.9. The minimum Gasteiger partial charge on any atom is -0.353 e. The summed E-state index contributed by atoms with van der Waals surface area (Å²) in [7, 11) is 0. The summed E-state index contributed by atoms with van der Waals surface area (Å²) < 4.78 is 0. The maximum atomic E-state index is 11.6. The van der Waals surface area contributed by atoms with Crippen LogP contribution < -0.4 is 10.8 Å². The van der Waals surface area contributed by atoms with E-state index >= 15 is 0 Å². The average molecular weight is 347 g/mol. The second-order valence-electron chi connectivity index (χ2n) is 5.17. The molecular formula is C17H21N3O5. The standard InChI is InChI=1S/C17H21N3O5/c21-16(18-13-7-1-2-12-17(22)19-23)11-6-4-9-14-8-3-5-10-15(14)20(24)25/h3-6,8-11,23H,1-2,7,12-13H2,(H,18,21)(H,19,22). The van der Waals surface area contributed by atoms with Gasteiger partial charge in [-0.05, 0) is 25.0 Å². The number of carbonyl (C=O) groups excluding carboxylic acids is 2. The number of nitrogens with zero attached hydrogens (tertiary/aromatic N) is 1. The van der Waals surface area contributed by atoms with E-state index in [9.17, 15) is 19.7 Å². The van der Waals surface area contributed by atoms with Crippen LogP contribution in [-0.4, -0.2) is 28.5 Å². The van der Waals surface area contributed by atoms with Crippen LogP contribution >= 0.6 is 0 Å². The number of benzene rings is 1. The van der Waals surface area contributed by atoms with Crippen molar-refractivity contribution in [2.75, 3.05) is 6.54 Å². The number of amides is 2. The van der Waals surface area contributed by atoms with E-state index in [1.807, 2.05) is 0 Å². The number of para-hydroxylation sites is 1. The van der Waals surface area contributed by atoms with Crippen molar-refractivity contribution < 1.29 is 19.7 Å². The Kier molecular flexibility index (Phi) is 9.24. The van der Waals surface area contributed by atoms with Gasteiger partial charge < -0.3 is 5.32 Å². The largest absolute Gasteiger partial charge is 0.353 e. The van der Waals surface area contributed by atoms with Crippen molar-refractivity contribution in [2.45, 2.75) is 25.7 Å². The van der Waals surface area contributed by atoms with Crippen LogP contribution in [0, 0.1) is 10.1 Å². The maximum absolute atomic E-state index is 11.6. The van der Waals surface area contributed by atoms with Gasteiger partial charge in [-0.15, -0.1) is 0 Å². The molecule has 25 heavy (non-hydrogen) atoms. The molecule has 8 heteroatoms. The number of hydroxylamine groups is 1. The molecule has 0 unspecified atom stereocenters. The van der Waals surface area contributed by atoms with Crippen molar-refractivity contribution >= 4 is 23.6 Å². The Morgan fingerprint density at radius 2 is 1.92 bits per heavy atom. The van der Waals surface area contributed by atoms with Gasteiger partial charge in [0, 0.05) is 25.1 Å². The SMILES string of the molecule is O=C(C=CC=Cc1ccccc1[N+](=O)[O-])NCCCCCC(=O)NO. The zero-order valence-corrected chi connectivity index (χ0v) is 13.7. The molecule has 0 bridgehead atoms.